The number of carbonyl (C=O) groups excluding carboxylic acids is 2. The Balaban J connectivity index is 1.57. The van der Waals surface area contributed by atoms with Gasteiger partial charge < -0.3 is 30.3 Å². The normalized spacial score (nSPS) is 14.7. The number of methoxy groups -OCH3 is 1. The minimum Gasteiger partial charge on any atom is -0.495 e. The average molecular weight is 551 g/mol. The molecule has 1 saturated heterocycles. The Morgan fingerprint density at radius 3 is 2.84 bits per heavy atom. The number of nitrogens with one attached hydrogen (secondary N) is 1. The number of carbonyl (C=O) groups is 2. The summed E-state index contributed by atoms with van der Waals surface area (Å²) in [7, 11) is 1.54. The van der Waals surface area contributed by atoms with Crippen molar-refractivity contribution in [1.29, 1.82) is 0 Å². The highest BCUT2D eigenvalue weighted by Gasteiger charge is 2.29. The van der Waals surface area contributed by atoms with Crippen LogP contribution in [0.5, 0.6) is 5.75 Å². The van der Waals surface area contributed by atoms with Crippen LogP contribution in [0.2, 0.25) is 5.02 Å². The van der Waals surface area contributed by atoms with Crippen LogP contribution >= 0.6 is 11.6 Å². The van der Waals surface area contributed by atoms with E-state index in [-0.39, 0.29) is 43.0 Å². The fourth-order valence-corrected chi connectivity index (χ4v) is 4.33. The second-order valence-corrected chi connectivity index (χ2v) is 9.07. The van der Waals surface area contributed by atoms with Gasteiger partial charge in [0.15, 0.2) is 0 Å². The number of esters is 1. The number of ether oxygens (including phenoxy) is 2. The van der Waals surface area contributed by atoms with Gasteiger partial charge in [0.05, 0.1) is 30.3 Å². The number of nitrogens with zero attached hydrogens (tertiary/aromatic N) is 4. The van der Waals surface area contributed by atoms with Crippen LogP contribution in [0.1, 0.15) is 54.4 Å². The van der Waals surface area contributed by atoms with Crippen LogP contribution in [0, 0.1) is 10.1 Å². The van der Waals surface area contributed by atoms with E-state index in [1.807, 2.05) is 11.0 Å². The number of unbranched alkanes of at least 4 members (excludes halogenated alkanes) is 2. The monoisotopic (exact) mass is 550 g/mol. The lowest BCUT2D eigenvalue weighted by atomic mass is 10.2. The highest BCUT2D eigenvalue weighted by Crippen LogP contribution is 2.27. The van der Waals surface area contributed by atoms with Crippen molar-refractivity contribution in [2.24, 2.45) is 5.73 Å². The molecular weight excluding hydrogens is 520 g/mol. The molecule has 206 valence electrons. The first-order valence-corrected chi connectivity index (χ1v) is 12.6. The summed E-state index contributed by atoms with van der Waals surface area (Å²) in [5.74, 6) is 0.245. The molecular formula is C24H31ClN6O7. The van der Waals surface area contributed by atoms with E-state index in [9.17, 15) is 19.7 Å². The Bertz CT molecular complexity index is 1140. The second kappa shape index (κ2) is 14.2. The number of benzene rings is 1. The molecule has 13 nitrogen and oxygen atoms in total. The third-order valence-corrected chi connectivity index (χ3v) is 6.31. The topological polar surface area (TPSA) is 172 Å². The SMILES string of the molecule is COc1ccc(CNc2nc(N3CCCC3COC(=O)CCCCCO[N+](=O)[O-])ncc2C(N)=O)cc1Cl. The molecule has 3 rings (SSSR count). The van der Waals surface area contributed by atoms with E-state index in [1.165, 1.54) is 13.3 Å². The molecule has 1 aliphatic rings. The van der Waals surface area contributed by atoms with Crippen LogP contribution in [0.25, 0.3) is 0 Å². The van der Waals surface area contributed by atoms with Gasteiger partial charge in [-0.05, 0) is 43.4 Å². The maximum atomic E-state index is 12.2. The molecule has 1 fully saturated rings. The summed E-state index contributed by atoms with van der Waals surface area (Å²) in [5, 5.41) is 12.9. The van der Waals surface area contributed by atoms with Crippen LogP contribution in [-0.4, -0.2) is 59.8 Å². The quantitative estimate of drug-likeness (QED) is 0.144. The summed E-state index contributed by atoms with van der Waals surface area (Å²) in [6, 6.07) is 5.24. The Kier molecular flexibility index (Phi) is 10.7. The number of rotatable bonds is 15. The zero-order valence-corrected chi connectivity index (χ0v) is 21.8. The number of hydrogen-bond acceptors (Lipinski definition) is 11. The number of amides is 1. The van der Waals surface area contributed by atoms with Gasteiger partial charge in [-0.25, -0.2) is 4.98 Å². The molecule has 1 atom stereocenters. The van der Waals surface area contributed by atoms with E-state index >= 15 is 0 Å². The Morgan fingerprint density at radius 2 is 2.13 bits per heavy atom. The van der Waals surface area contributed by atoms with E-state index in [1.54, 1.807) is 12.1 Å². The second-order valence-electron chi connectivity index (χ2n) is 8.66. The smallest absolute Gasteiger partial charge is 0.305 e. The van der Waals surface area contributed by atoms with Crippen molar-refractivity contribution in [2.45, 2.75) is 51.1 Å². The van der Waals surface area contributed by atoms with Crippen molar-refractivity contribution in [3.8, 4) is 5.75 Å². The standard InChI is InChI=1S/C24H31ClN6O7/c1-36-20-9-8-16(12-19(20)25)13-27-23-18(22(26)33)14-28-24(29-23)30-10-5-6-17(30)15-37-21(32)7-3-2-4-11-38-31(34)35/h8-9,12,14,17H,2-7,10-11,13,15H2,1H3,(H2,26,33)(H,27,28,29). The van der Waals surface area contributed by atoms with Gasteiger partial charge in [0.2, 0.25) is 5.95 Å². The van der Waals surface area contributed by atoms with Crippen molar-refractivity contribution in [3.63, 3.8) is 0 Å². The maximum Gasteiger partial charge on any atom is 0.305 e. The number of anilines is 2. The fraction of sp³-hybridized carbons (Fsp3) is 0.500. The third kappa shape index (κ3) is 8.33. The molecule has 1 unspecified atom stereocenters. The van der Waals surface area contributed by atoms with Crippen LogP contribution < -0.4 is 20.7 Å². The van der Waals surface area contributed by atoms with E-state index in [0.29, 0.717) is 49.1 Å². The first-order valence-electron chi connectivity index (χ1n) is 12.2. The lowest BCUT2D eigenvalue weighted by Gasteiger charge is -2.25. The summed E-state index contributed by atoms with van der Waals surface area (Å²) in [6.07, 6.45) is 4.94. The summed E-state index contributed by atoms with van der Waals surface area (Å²) < 4.78 is 10.6. The van der Waals surface area contributed by atoms with E-state index in [0.717, 1.165) is 18.4 Å². The average Bonchev–Trinajstić information content (AvgIpc) is 3.36. The Morgan fingerprint density at radius 1 is 1.32 bits per heavy atom. The maximum absolute atomic E-state index is 12.2. The number of hydrogen-bond donors (Lipinski definition) is 2. The van der Waals surface area contributed by atoms with Gasteiger partial charge in [-0.1, -0.05) is 24.1 Å². The molecule has 1 amide bonds. The van der Waals surface area contributed by atoms with E-state index < -0.39 is 11.0 Å². The molecule has 0 radical (unpaired) electrons. The fourth-order valence-electron chi connectivity index (χ4n) is 4.05. The molecule has 2 heterocycles. The minimum absolute atomic E-state index is 0.0122. The van der Waals surface area contributed by atoms with Gasteiger partial charge in [0.25, 0.3) is 11.0 Å². The summed E-state index contributed by atoms with van der Waals surface area (Å²) in [6.45, 7) is 1.19. The van der Waals surface area contributed by atoms with Crippen molar-refractivity contribution in [2.75, 3.05) is 37.1 Å². The lowest BCUT2D eigenvalue weighted by molar-refractivity contribution is -0.757. The highest BCUT2D eigenvalue weighted by molar-refractivity contribution is 6.32. The van der Waals surface area contributed by atoms with Crippen LogP contribution in [0.4, 0.5) is 11.8 Å². The summed E-state index contributed by atoms with van der Waals surface area (Å²) >= 11 is 6.21. The van der Waals surface area contributed by atoms with Crippen LogP contribution in [0.15, 0.2) is 24.4 Å². The summed E-state index contributed by atoms with van der Waals surface area (Å²) in [4.78, 5) is 49.4. The first-order chi connectivity index (χ1) is 18.3. The molecule has 2 aromatic rings. The third-order valence-electron chi connectivity index (χ3n) is 6.01. The number of aromatic nitrogens is 2. The van der Waals surface area contributed by atoms with Gasteiger partial charge >= 0.3 is 5.97 Å². The highest BCUT2D eigenvalue weighted by atomic mass is 35.5. The molecule has 0 aliphatic carbocycles. The van der Waals surface area contributed by atoms with Crippen molar-refractivity contribution in [1.82, 2.24) is 9.97 Å². The van der Waals surface area contributed by atoms with Crippen LogP contribution in [-0.2, 0) is 20.9 Å². The molecule has 0 saturated carbocycles. The summed E-state index contributed by atoms with van der Waals surface area (Å²) in [5.41, 5.74) is 6.53. The molecule has 0 bridgehead atoms. The predicted molar refractivity (Wildman–Crippen MR) is 139 cm³/mol. The van der Waals surface area contributed by atoms with Crippen molar-refractivity contribution >= 4 is 35.2 Å². The van der Waals surface area contributed by atoms with Gasteiger partial charge in [-0.15, -0.1) is 10.1 Å². The zero-order valence-electron chi connectivity index (χ0n) is 21.1. The van der Waals surface area contributed by atoms with Crippen molar-refractivity contribution < 1.29 is 29.0 Å². The molecule has 14 heteroatoms. The Hall–Kier alpha value is -3.87. The van der Waals surface area contributed by atoms with Gasteiger partial charge in [-0.2, -0.15) is 4.98 Å². The number of halogens is 1. The van der Waals surface area contributed by atoms with Gasteiger partial charge in [0.1, 0.15) is 18.2 Å². The lowest BCUT2D eigenvalue weighted by Crippen LogP contribution is -2.35. The van der Waals surface area contributed by atoms with Crippen LogP contribution in [0.3, 0.4) is 0 Å². The minimum atomic E-state index is -0.831. The van der Waals surface area contributed by atoms with Gasteiger partial charge in [0, 0.05) is 25.7 Å². The van der Waals surface area contributed by atoms with Gasteiger partial charge in [-0.3, -0.25) is 9.59 Å². The largest absolute Gasteiger partial charge is 0.495 e. The molecule has 38 heavy (non-hydrogen) atoms. The number of nitrogens with two attached hydrogens (primary N) is 1. The molecule has 0 spiro atoms. The zero-order chi connectivity index (χ0) is 27.5. The molecule has 3 N–H and O–H groups in total. The molecule has 1 aliphatic heterocycles. The predicted octanol–water partition coefficient (Wildman–Crippen LogP) is 3.13. The van der Waals surface area contributed by atoms with Crippen molar-refractivity contribution in [3.05, 3.63) is 50.7 Å². The molecule has 1 aromatic heterocycles. The van der Waals surface area contributed by atoms with E-state index in [2.05, 4.69) is 20.1 Å². The van der Waals surface area contributed by atoms with E-state index in [4.69, 9.17) is 26.8 Å². The molecule has 1 aromatic carbocycles. The number of primary amides is 1. The Labute approximate surface area is 224 Å². The first kappa shape index (κ1) is 28.7.